The zero-order chi connectivity index (χ0) is 16.0. The highest BCUT2D eigenvalue weighted by Crippen LogP contribution is 2.56. The summed E-state index contributed by atoms with van der Waals surface area (Å²) >= 11 is 0. The number of hydrogen-bond acceptors (Lipinski definition) is 3. The number of amides is 2. The number of rotatable bonds is 3. The van der Waals surface area contributed by atoms with E-state index < -0.39 is 11.8 Å². The maximum absolute atomic E-state index is 12.0. The van der Waals surface area contributed by atoms with Crippen molar-refractivity contribution in [3.05, 3.63) is 12.4 Å². The van der Waals surface area contributed by atoms with Crippen LogP contribution in [-0.2, 0) is 16.6 Å². The van der Waals surface area contributed by atoms with Crippen LogP contribution in [0.2, 0.25) is 0 Å². The second kappa shape index (κ2) is 5.65. The topological polar surface area (TPSA) is 76.0 Å². The summed E-state index contributed by atoms with van der Waals surface area (Å²) in [6.07, 6.45) is 9.95. The highest BCUT2D eigenvalue weighted by Gasteiger charge is 2.47. The molecule has 1 aromatic heterocycles. The Morgan fingerprint density at radius 2 is 1.78 bits per heavy atom. The zero-order valence-corrected chi connectivity index (χ0v) is 13.5. The second-order valence-electron chi connectivity index (χ2n) is 7.66. The molecule has 5 rings (SSSR count). The summed E-state index contributed by atoms with van der Waals surface area (Å²) in [6, 6.07) is 0. The SMILES string of the molecule is Cn1cc(NC(=O)C(=O)NCC2C3CC4CC(C3)CC2C4)cn1. The van der Waals surface area contributed by atoms with Crippen LogP contribution in [0.15, 0.2) is 12.4 Å². The van der Waals surface area contributed by atoms with E-state index in [2.05, 4.69) is 15.7 Å². The van der Waals surface area contributed by atoms with E-state index in [4.69, 9.17) is 0 Å². The van der Waals surface area contributed by atoms with Crippen LogP contribution in [-0.4, -0.2) is 28.1 Å². The van der Waals surface area contributed by atoms with Gasteiger partial charge < -0.3 is 10.6 Å². The molecule has 0 spiro atoms. The van der Waals surface area contributed by atoms with Gasteiger partial charge in [0.2, 0.25) is 0 Å². The van der Waals surface area contributed by atoms with Crippen molar-refractivity contribution >= 4 is 17.5 Å². The van der Waals surface area contributed by atoms with Crippen molar-refractivity contribution in [1.82, 2.24) is 15.1 Å². The third-order valence-electron chi connectivity index (χ3n) is 6.09. The van der Waals surface area contributed by atoms with Gasteiger partial charge in [-0.1, -0.05) is 0 Å². The van der Waals surface area contributed by atoms with Gasteiger partial charge in [-0.25, -0.2) is 0 Å². The Hall–Kier alpha value is -1.85. The molecule has 6 nitrogen and oxygen atoms in total. The highest BCUT2D eigenvalue weighted by molar-refractivity contribution is 6.39. The Morgan fingerprint density at radius 3 is 2.35 bits per heavy atom. The summed E-state index contributed by atoms with van der Waals surface area (Å²) in [4.78, 5) is 24.0. The summed E-state index contributed by atoms with van der Waals surface area (Å²) < 4.78 is 1.59. The van der Waals surface area contributed by atoms with Gasteiger partial charge >= 0.3 is 11.8 Å². The first-order chi connectivity index (χ1) is 11.1. The van der Waals surface area contributed by atoms with E-state index in [1.54, 1.807) is 17.9 Å². The molecule has 23 heavy (non-hydrogen) atoms. The van der Waals surface area contributed by atoms with Crippen molar-refractivity contribution in [2.75, 3.05) is 11.9 Å². The summed E-state index contributed by atoms with van der Waals surface area (Å²) in [5, 5.41) is 9.41. The molecule has 0 unspecified atom stereocenters. The van der Waals surface area contributed by atoms with Crippen molar-refractivity contribution in [3.63, 3.8) is 0 Å². The Morgan fingerprint density at radius 1 is 1.13 bits per heavy atom. The van der Waals surface area contributed by atoms with Crippen molar-refractivity contribution in [1.29, 1.82) is 0 Å². The minimum Gasteiger partial charge on any atom is -0.348 e. The molecule has 4 fully saturated rings. The number of aryl methyl sites for hydroxylation is 1. The molecule has 0 aliphatic heterocycles. The summed E-state index contributed by atoms with van der Waals surface area (Å²) in [6.45, 7) is 0.647. The molecular formula is C17H24N4O2. The number of anilines is 1. The molecular weight excluding hydrogens is 292 g/mol. The van der Waals surface area contributed by atoms with Gasteiger partial charge in [0, 0.05) is 19.8 Å². The molecule has 1 aromatic rings. The third kappa shape index (κ3) is 2.86. The Labute approximate surface area is 136 Å². The van der Waals surface area contributed by atoms with Crippen LogP contribution in [0, 0.1) is 29.6 Å². The predicted octanol–water partition coefficient (Wildman–Crippen LogP) is 1.55. The van der Waals surface area contributed by atoms with Gasteiger partial charge in [-0.15, -0.1) is 0 Å². The molecule has 2 amide bonds. The van der Waals surface area contributed by atoms with Crippen molar-refractivity contribution in [2.24, 2.45) is 36.6 Å². The van der Waals surface area contributed by atoms with E-state index in [1.165, 1.54) is 38.3 Å². The molecule has 0 aromatic carbocycles. The first kappa shape index (κ1) is 14.7. The number of aromatic nitrogens is 2. The molecule has 0 radical (unpaired) electrons. The normalized spacial score (nSPS) is 34.4. The highest BCUT2D eigenvalue weighted by atomic mass is 16.2. The van der Waals surface area contributed by atoms with Gasteiger partial charge in [0.15, 0.2) is 0 Å². The predicted molar refractivity (Wildman–Crippen MR) is 85.4 cm³/mol. The van der Waals surface area contributed by atoms with Gasteiger partial charge in [-0.2, -0.15) is 5.10 Å². The lowest BCUT2D eigenvalue weighted by Gasteiger charge is -2.54. The number of carbonyl (C=O) groups excluding carboxylic acids is 2. The maximum atomic E-state index is 12.0. The molecule has 4 aliphatic carbocycles. The average Bonchev–Trinajstić information content (AvgIpc) is 2.90. The average molecular weight is 316 g/mol. The van der Waals surface area contributed by atoms with E-state index in [-0.39, 0.29) is 0 Å². The molecule has 4 bridgehead atoms. The lowest BCUT2D eigenvalue weighted by Crippen LogP contribution is -2.50. The summed E-state index contributed by atoms with van der Waals surface area (Å²) in [7, 11) is 1.77. The third-order valence-corrected chi connectivity index (χ3v) is 6.09. The largest absolute Gasteiger partial charge is 0.348 e. The van der Waals surface area contributed by atoms with E-state index in [0.717, 1.165) is 23.7 Å². The summed E-state index contributed by atoms with van der Waals surface area (Å²) in [5.41, 5.74) is 0.544. The maximum Gasteiger partial charge on any atom is 0.313 e. The molecule has 0 atom stereocenters. The van der Waals surface area contributed by atoms with Crippen molar-refractivity contribution in [2.45, 2.75) is 32.1 Å². The van der Waals surface area contributed by atoms with Crippen LogP contribution < -0.4 is 10.6 Å². The zero-order valence-electron chi connectivity index (χ0n) is 13.5. The smallest absolute Gasteiger partial charge is 0.313 e. The van der Waals surface area contributed by atoms with Gasteiger partial charge in [0.1, 0.15) is 0 Å². The van der Waals surface area contributed by atoms with Crippen LogP contribution >= 0.6 is 0 Å². The van der Waals surface area contributed by atoms with E-state index >= 15 is 0 Å². The standard InChI is InChI=1S/C17H24N4O2/c1-21-9-14(7-19-21)20-17(23)16(22)18-8-15-12-3-10-2-11(5-12)6-13(15)4-10/h7,9-13,15H,2-6,8H2,1H3,(H,18,22)(H,20,23). The van der Waals surface area contributed by atoms with Gasteiger partial charge in [0.25, 0.3) is 0 Å². The fraction of sp³-hybridized carbons (Fsp3) is 0.706. The number of carbonyl (C=O) groups is 2. The number of hydrogen-bond donors (Lipinski definition) is 2. The van der Waals surface area contributed by atoms with E-state index in [0.29, 0.717) is 18.2 Å². The van der Waals surface area contributed by atoms with Crippen LogP contribution in [0.4, 0.5) is 5.69 Å². The van der Waals surface area contributed by atoms with Gasteiger partial charge in [0.05, 0.1) is 11.9 Å². The monoisotopic (exact) mass is 316 g/mol. The van der Waals surface area contributed by atoms with Gasteiger partial charge in [-0.3, -0.25) is 14.3 Å². The Bertz CT molecular complexity index is 596. The molecule has 0 saturated heterocycles. The molecule has 4 saturated carbocycles. The Kier molecular flexibility index (Phi) is 3.62. The van der Waals surface area contributed by atoms with E-state index in [9.17, 15) is 9.59 Å². The van der Waals surface area contributed by atoms with Crippen LogP contribution in [0.5, 0.6) is 0 Å². The van der Waals surface area contributed by atoms with E-state index in [1.807, 2.05) is 0 Å². The van der Waals surface area contributed by atoms with Crippen LogP contribution in [0.25, 0.3) is 0 Å². The van der Waals surface area contributed by atoms with Crippen LogP contribution in [0.3, 0.4) is 0 Å². The number of nitrogens with one attached hydrogen (secondary N) is 2. The van der Waals surface area contributed by atoms with Crippen molar-refractivity contribution in [3.8, 4) is 0 Å². The number of nitrogens with zero attached hydrogens (tertiary/aromatic N) is 2. The first-order valence-electron chi connectivity index (χ1n) is 8.66. The first-order valence-corrected chi connectivity index (χ1v) is 8.66. The molecule has 4 aliphatic rings. The minimum atomic E-state index is -0.609. The molecule has 2 N–H and O–H groups in total. The van der Waals surface area contributed by atoms with Gasteiger partial charge in [-0.05, 0) is 61.7 Å². The fourth-order valence-corrected chi connectivity index (χ4v) is 5.34. The fourth-order valence-electron chi connectivity index (χ4n) is 5.34. The minimum absolute atomic E-state index is 0.539. The molecule has 6 heteroatoms. The molecule has 124 valence electrons. The van der Waals surface area contributed by atoms with Crippen LogP contribution in [0.1, 0.15) is 32.1 Å². The Balaban J connectivity index is 1.30. The lowest BCUT2D eigenvalue weighted by atomic mass is 9.52. The molecule has 1 heterocycles. The summed E-state index contributed by atoms with van der Waals surface area (Å²) in [5.74, 6) is 2.79. The second-order valence-corrected chi connectivity index (χ2v) is 7.66. The lowest BCUT2D eigenvalue weighted by molar-refractivity contribution is -0.136. The quantitative estimate of drug-likeness (QED) is 0.831. The van der Waals surface area contributed by atoms with Crippen molar-refractivity contribution < 1.29 is 9.59 Å².